The molecule has 0 radical (unpaired) electrons. The zero-order valence-corrected chi connectivity index (χ0v) is 64.7. The Morgan fingerprint density at radius 3 is 0.825 bits per heavy atom. The number of carbonyl (C=O) groups excluding carboxylic acids is 6. The maximum absolute atomic E-state index is 13.7. The summed E-state index contributed by atoms with van der Waals surface area (Å²) in [5.74, 6) is 0.377. The van der Waals surface area contributed by atoms with Crippen molar-refractivity contribution in [3.63, 3.8) is 0 Å². The highest BCUT2D eigenvalue weighted by Crippen LogP contribution is 2.61. The molecule has 114 heavy (non-hydrogen) atoms. The zero-order valence-electron chi connectivity index (χ0n) is 64.7. The van der Waals surface area contributed by atoms with Crippen LogP contribution in [0.5, 0.6) is 92.0 Å². The molecule has 24 heteroatoms. The molecule has 4 unspecified atom stereocenters. The van der Waals surface area contributed by atoms with Crippen LogP contribution in [-0.2, 0) is 28.8 Å². The number of anilines is 6. The summed E-state index contributed by atoms with van der Waals surface area (Å²) in [5, 5.41) is 18.0. The van der Waals surface area contributed by atoms with Crippen molar-refractivity contribution in [2.24, 2.45) is 0 Å². The van der Waals surface area contributed by atoms with E-state index in [2.05, 4.69) is 93.8 Å². The quantitative estimate of drug-likeness (QED) is 0.0396. The number of carbonyl (C=O) groups is 6. The maximum Gasteiger partial charge on any atom is 0.255 e. The highest BCUT2D eigenvalue weighted by molar-refractivity contribution is 6.03. The predicted molar refractivity (Wildman–Crippen MR) is 435 cm³/mol. The van der Waals surface area contributed by atoms with E-state index in [-0.39, 0.29) is 160 Å². The smallest absolute Gasteiger partial charge is 0.255 e. The van der Waals surface area contributed by atoms with Crippen LogP contribution in [-0.4, -0.2) is 50.4 Å². The van der Waals surface area contributed by atoms with Crippen molar-refractivity contribution in [2.45, 2.75) is 157 Å². The Labute approximate surface area is 657 Å². The van der Waals surface area contributed by atoms with Crippen molar-refractivity contribution in [3.05, 3.63) is 195 Å². The highest BCUT2D eigenvalue weighted by Gasteiger charge is 2.39. The third-order valence-corrected chi connectivity index (χ3v) is 21.6. The number of hydrogen-bond donors (Lipinski definition) is 8. The van der Waals surface area contributed by atoms with Gasteiger partial charge in [-0.3, -0.25) is 33.6 Å². The molecule has 4 atom stereocenters. The van der Waals surface area contributed by atoms with Gasteiger partial charge in [0.25, 0.3) is 5.56 Å². The first-order valence-corrected chi connectivity index (χ1v) is 39.1. The summed E-state index contributed by atoms with van der Waals surface area (Å²) in [4.78, 5) is 107. The molecule has 1 aliphatic carbocycles. The fraction of sp³-hybridized carbons (Fsp3) is 0.267. The van der Waals surface area contributed by atoms with E-state index >= 15 is 0 Å². The van der Waals surface area contributed by atoms with Crippen molar-refractivity contribution in [1.82, 2.24) is 15.0 Å². The number of imidazole rings is 1. The van der Waals surface area contributed by atoms with Crippen molar-refractivity contribution >= 4 is 80.6 Å². The third-order valence-electron chi connectivity index (χ3n) is 21.6. The number of amides is 6. The molecule has 0 fully saturated rings. The van der Waals surface area contributed by atoms with Gasteiger partial charge in [0.2, 0.25) is 35.4 Å². The fourth-order valence-corrected chi connectivity index (χ4v) is 15.7. The molecule has 8 N–H and O–H groups in total. The third kappa shape index (κ3) is 13.8. The molecular weight excluding hydrogens is 1450 g/mol. The van der Waals surface area contributed by atoms with Gasteiger partial charge in [0.15, 0.2) is 46.0 Å². The van der Waals surface area contributed by atoms with Gasteiger partial charge < -0.3 is 79.8 Å². The van der Waals surface area contributed by atoms with E-state index in [0.717, 1.165) is 22.3 Å². The number of aromatic nitrogens is 3. The molecule has 6 amide bonds. The lowest BCUT2D eigenvalue weighted by molar-refractivity contribution is -0.116. The van der Waals surface area contributed by atoms with Crippen LogP contribution in [0, 0.1) is 0 Å². The minimum atomic E-state index is -0.581. The Hall–Kier alpha value is -13.4. The molecule has 0 saturated heterocycles. The predicted octanol–water partition coefficient (Wildman–Crippen LogP) is 21.7. The lowest BCUT2D eigenvalue weighted by Crippen LogP contribution is -2.15. The van der Waals surface area contributed by atoms with Gasteiger partial charge in [0.05, 0.1) is 45.2 Å². The Kier molecular flexibility index (Phi) is 20.1. The summed E-state index contributed by atoms with van der Waals surface area (Å²) < 4.78 is 59.6. The van der Waals surface area contributed by atoms with Crippen LogP contribution in [0.15, 0.2) is 144 Å². The number of H-pyrrole nitrogens is 2. The van der Waals surface area contributed by atoms with Gasteiger partial charge in [-0.25, -0.2) is 4.98 Å². The lowest BCUT2D eigenvalue weighted by atomic mass is 9.77. The van der Waals surface area contributed by atoms with E-state index in [9.17, 15) is 33.6 Å². The van der Waals surface area contributed by atoms with Gasteiger partial charge in [-0.1, -0.05) is 93.5 Å². The molecule has 580 valence electrons. The van der Waals surface area contributed by atoms with Crippen LogP contribution in [0.25, 0.3) is 33.5 Å². The number of hydrogen-bond acceptors (Lipinski definition) is 16. The van der Waals surface area contributed by atoms with E-state index in [1.807, 2.05) is 60.7 Å². The molecule has 2 aromatic heterocycles. The molecule has 9 aromatic carbocycles. The molecule has 0 saturated carbocycles. The van der Waals surface area contributed by atoms with Crippen LogP contribution in [0.2, 0.25) is 0 Å². The standard InChI is InChI=1S/C90H85N9O15/c1-11-44-51-28-53-45(12-2)55-30-57-47(14-4)58-31-56-46(13-3)54-29-52(44)68-41-70(54)110-78-35-62(95-86(103)18-8)64(97-88(105)20-10)37-80(78)112-72(56)43-74(58)114-82-39-66-65(98-89(99-66)49-25-22-21-24-48(49)50-26-23-27-91-90(50)106)38-81(82)113-73(57)42-71(55)111-79-36-63(96-87(104)19-9)61(94-85(102)17-7)34-77(79)109-69(53)40-67(51)107-75-32-59(92-83(100)15-5)60(33-76(75)108-68)93-84(101)16-6/h21-47H,11-20H2,1-10H3,(H,91,106)(H,92,100)(H,93,101)(H,94,102)(H,95,103)(H,96,104)(H,97,105)(H,98,99). The van der Waals surface area contributed by atoms with Crippen LogP contribution in [0.1, 0.15) is 202 Å². The first kappa shape index (κ1) is 74.7. The average Bonchev–Trinajstić information content (AvgIpc) is 1.24. The van der Waals surface area contributed by atoms with Crippen molar-refractivity contribution < 1.29 is 66.7 Å². The zero-order chi connectivity index (χ0) is 79.5. The van der Waals surface area contributed by atoms with E-state index in [1.54, 1.807) is 96.3 Å². The molecule has 5 aliphatic rings. The van der Waals surface area contributed by atoms with E-state index < -0.39 is 23.7 Å². The summed E-state index contributed by atoms with van der Waals surface area (Å²) in [7, 11) is 0. The molecule has 4 aliphatic heterocycles. The molecule has 16 rings (SSSR count). The number of pyridine rings is 1. The normalized spacial score (nSPS) is 15.4. The van der Waals surface area contributed by atoms with E-state index in [4.69, 9.17) is 42.9 Å². The van der Waals surface area contributed by atoms with Crippen LogP contribution >= 0.6 is 0 Å². The summed E-state index contributed by atoms with van der Waals surface area (Å²) in [6.07, 6.45) is 4.06. The SMILES string of the molecule is CCC(=O)Nc1cc2c(cc1NC(=O)CC)Oc1cc3c4cc1C(CC)c1cc5c(cc1O2)Oc1cc(NC(=O)CC)c(NC(=O)CC)cc1Oc1cc2c(cc1C5CC)C(CC)c1cc(c(cc1Oc1cc5[nH]c(-c6ccccc6-c6ccc[nH]c6=O)nc5cc1O2)Oc1cc(NC(=O)CC)c(NC(=O)CC)cc1O3)C4CC. The van der Waals surface area contributed by atoms with Gasteiger partial charge >= 0.3 is 0 Å². The molecule has 24 nitrogen and oxygen atoms in total. The van der Waals surface area contributed by atoms with Gasteiger partial charge in [0, 0.05) is 197 Å². The number of ether oxygens (including phenoxy) is 8. The second-order valence-electron chi connectivity index (χ2n) is 28.7. The highest BCUT2D eigenvalue weighted by atomic mass is 16.5. The second-order valence-corrected chi connectivity index (χ2v) is 28.7. The minimum Gasteiger partial charge on any atom is -0.453 e. The Bertz CT molecular complexity index is 5600. The summed E-state index contributed by atoms with van der Waals surface area (Å²) >= 11 is 0. The number of fused-ring (bicyclic) bond motifs is 5. The largest absolute Gasteiger partial charge is 0.453 e. The maximum atomic E-state index is 13.7. The number of nitrogens with zero attached hydrogens (tertiary/aromatic N) is 1. The Balaban J connectivity index is 1.04. The first-order valence-electron chi connectivity index (χ1n) is 39.1. The Morgan fingerprint density at radius 2 is 0.561 bits per heavy atom. The number of aromatic amines is 2. The van der Waals surface area contributed by atoms with Crippen molar-refractivity contribution in [3.8, 4) is 115 Å². The monoisotopic (exact) mass is 1530 g/mol. The van der Waals surface area contributed by atoms with Gasteiger partial charge in [-0.15, -0.1) is 0 Å². The van der Waals surface area contributed by atoms with Crippen molar-refractivity contribution in [1.29, 1.82) is 0 Å². The molecule has 8 bridgehead atoms. The lowest BCUT2D eigenvalue weighted by Gasteiger charge is -2.29. The fourth-order valence-electron chi connectivity index (χ4n) is 15.7. The molecular formula is C90H85N9O15. The second kappa shape index (κ2) is 30.7. The Morgan fingerprint density at radius 1 is 0.307 bits per heavy atom. The summed E-state index contributed by atoms with van der Waals surface area (Å²) in [6.45, 7) is 18.7. The minimum absolute atomic E-state index is 0.105. The molecule has 6 heterocycles. The van der Waals surface area contributed by atoms with Gasteiger partial charge in [-0.2, -0.15) is 0 Å². The van der Waals surface area contributed by atoms with Gasteiger partial charge in [0.1, 0.15) is 51.8 Å². The topological polar surface area (TPSA) is 310 Å². The number of benzene rings is 9. The summed E-state index contributed by atoms with van der Waals surface area (Å²) in [6, 6.07) is 40.5. The van der Waals surface area contributed by atoms with Crippen molar-refractivity contribution in [2.75, 3.05) is 31.9 Å². The van der Waals surface area contributed by atoms with Gasteiger partial charge in [-0.05, 0) is 67.6 Å². The number of rotatable bonds is 18. The number of nitrogens with one attached hydrogen (secondary N) is 8. The molecule has 11 aromatic rings. The van der Waals surface area contributed by atoms with E-state index in [1.165, 1.54) is 0 Å². The average molecular weight is 1530 g/mol. The van der Waals surface area contributed by atoms with E-state index in [0.29, 0.717) is 127 Å². The van der Waals surface area contributed by atoms with Crippen LogP contribution in [0.3, 0.4) is 0 Å². The van der Waals surface area contributed by atoms with Crippen LogP contribution in [0.4, 0.5) is 34.1 Å². The molecule has 0 spiro atoms. The first-order chi connectivity index (χ1) is 55.3. The van der Waals surface area contributed by atoms with Crippen LogP contribution < -0.4 is 75.4 Å². The summed E-state index contributed by atoms with van der Waals surface area (Å²) in [5.41, 5.74) is 9.73.